The normalized spacial score (nSPS) is 12.4. The molecule has 2 aromatic carbocycles. The zero-order chi connectivity index (χ0) is 22.8. The summed E-state index contributed by atoms with van der Waals surface area (Å²) >= 11 is 0. The fraction of sp³-hybridized carbons (Fsp3) is 0.333. The molecule has 164 valence electrons. The molecule has 10 nitrogen and oxygen atoms in total. The minimum Gasteiger partial charge on any atom is -0.478 e. The summed E-state index contributed by atoms with van der Waals surface area (Å²) in [4.78, 5) is 36.2. The second-order valence-corrected chi connectivity index (χ2v) is 7.93. The highest BCUT2D eigenvalue weighted by atomic mass is 16.7. The van der Waals surface area contributed by atoms with E-state index >= 15 is 0 Å². The first kappa shape index (κ1) is 21.9. The van der Waals surface area contributed by atoms with E-state index in [9.17, 15) is 19.7 Å². The molecule has 0 saturated carbocycles. The number of hydrogen-bond donors (Lipinski definition) is 1. The molecule has 0 atom stereocenters. The van der Waals surface area contributed by atoms with Gasteiger partial charge in [0.15, 0.2) is 11.5 Å². The van der Waals surface area contributed by atoms with Gasteiger partial charge in [0, 0.05) is 18.2 Å². The summed E-state index contributed by atoms with van der Waals surface area (Å²) in [7, 11) is 0. The lowest BCUT2D eigenvalue weighted by molar-refractivity contribution is -0.385. The Morgan fingerprint density at radius 1 is 1.13 bits per heavy atom. The SMILES string of the molecule is CC(C)(C)OC(=O)N(Cc1ccc2c(c1)OCO2)Cc1ccc(C(=O)O)cc1[N+](=O)[O-]. The van der Waals surface area contributed by atoms with E-state index in [1.54, 1.807) is 39.0 Å². The summed E-state index contributed by atoms with van der Waals surface area (Å²) in [5.74, 6) is -0.148. The van der Waals surface area contributed by atoms with Crippen LogP contribution in [-0.4, -0.2) is 39.4 Å². The second-order valence-electron chi connectivity index (χ2n) is 7.93. The van der Waals surface area contributed by atoms with Crippen molar-refractivity contribution < 1.29 is 33.8 Å². The molecular weight excluding hydrogens is 408 g/mol. The number of hydrogen-bond acceptors (Lipinski definition) is 7. The quantitative estimate of drug-likeness (QED) is 0.539. The Labute approximate surface area is 178 Å². The monoisotopic (exact) mass is 430 g/mol. The first-order chi connectivity index (χ1) is 14.5. The summed E-state index contributed by atoms with van der Waals surface area (Å²) in [6.07, 6.45) is -0.665. The first-order valence-electron chi connectivity index (χ1n) is 9.40. The van der Waals surface area contributed by atoms with Gasteiger partial charge >= 0.3 is 12.1 Å². The van der Waals surface area contributed by atoms with Gasteiger partial charge in [0.25, 0.3) is 5.69 Å². The summed E-state index contributed by atoms with van der Waals surface area (Å²) in [5.41, 5.74) is -0.487. The molecule has 0 aliphatic carbocycles. The molecule has 1 N–H and O–H groups in total. The van der Waals surface area contributed by atoms with Crippen LogP contribution in [-0.2, 0) is 17.8 Å². The first-order valence-corrected chi connectivity index (χ1v) is 9.40. The van der Waals surface area contributed by atoms with Crippen molar-refractivity contribution in [2.24, 2.45) is 0 Å². The number of carboxylic acid groups (broad SMARTS) is 1. The molecule has 0 spiro atoms. The Balaban J connectivity index is 1.92. The molecule has 0 radical (unpaired) electrons. The van der Waals surface area contributed by atoms with Gasteiger partial charge in [0.05, 0.1) is 17.0 Å². The molecule has 0 fully saturated rings. The van der Waals surface area contributed by atoms with Crippen molar-refractivity contribution in [3.63, 3.8) is 0 Å². The van der Waals surface area contributed by atoms with Crippen LogP contribution in [0, 0.1) is 10.1 Å². The molecule has 31 heavy (non-hydrogen) atoms. The van der Waals surface area contributed by atoms with E-state index in [2.05, 4.69) is 0 Å². The molecule has 0 bridgehead atoms. The van der Waals surface area contributed by atoms with Crippen LogP contribution in [0.4, 0.5) is 10.5 Å². The van der Waals surface area contributed by atoms with E-state index in [4.69, 9.17) is 19.3 Å². The van der Waals surface area contributed by atoms with Crippen LogP contribution in [0.5, 0.6) is 11.5 Å². The number of aromatic carboxylic acids is 1. The smallest absolute Gasteiger partial charge is 0.410 e. The Morgan fingerprint density at radius 2 is 1.84 bits per heavy atom. The molecule has 0 unspecified atom stereocenters. The highest BCUT2D eigenvalue weighted by molar-refractivity contribution is 5.88. The summed E-state index contributed by atoms with van der Waals surface area (Å²) in [6, 6.07) is 8.77. The Morgan fingerprint density at radius 3 is 2.48 bits per heavy atom. The highest BCUT2D eigenvalue weighted by Gasteiger charge is 2.26. The van der Waals surface area contributed by atoms with Crippen molar-refractivity contribution in [1.82, 2.24) is 4.90 Å². The van der Waals surface area contributed by atoms with Crippen molar-refractivity contribution in [3.8, 4) is 11.5 Å². The third-order valence-electron chi connectivity index (χ3n) is 4.35. The minimum absolute atomic E-state index is 0.0867. The van der Waals surface area contributed by atoms with E-state index < -0.39 is 22.6 Å². The number of fused-ring (bicyclic) bond motifs is 1. The van der Waals surface area contributed by atoms with Gasteiger partial charge in [-0.3, -0.25) is 15.0 Å². The van der Waals surface area contributed by atoms with E-state index in [0.29, 0.717) is 17.1 Å². The van der Waals surface area contributed by atoms with Gasteiger partial charge in [-0.2, -0.15) is 0 Å². The number of carboxylic acids is 1. The lowest BCUT2D eigenvalue weighted by atomic mass is 10.1. The van der Waals surface area contributed by atoms with E-state index in [1.807, 2.05) is 0 Å². The van der Waals surface area contributed by atoms with Crippen LogP contribution in [0.3, 0.4) is 0 Å². The van der Waals surface area contributed by atoms with Crippen LogP contribution < -0.4 is 9.47 Å². The molecule has 0 aromatic heterocycles. The van der Waals surface area contributed by atoms with Crippen LogP contribution in [0.2, 0.25) is 0 Å². The van der Waals surface area contributed by atoms with Crippen LogP contribution >= 0.6 is 0 Å². The lowest BCUT2D eigenvalue weighted by Crippen LogP contribution is -2.36. The van der Waals surface area contributed by atoms with Gasteiger partial charge in [-0.1, -0.05) is 6.07 Å². The van der Waals surface area contributed by atoms with Gasteiger partial charge in [-0.05, 0) is 50.6 Å². The number of carbonyl (C=O) groups is 2. The van der Waals surface area contributed by atoms with Crippen molar-refractivity contribution in [1.29, 1.82) is 0 Å². The summed E-state index contributed by atoms with van der Waals surface area (Å²) < 4.78 is 16.1. The second kappa shape index (κ2) is 8.50. The van der Waals surface area contributed by atoms with Gasteiger partial charge in [0.2, 0.25) is 6.79 Å². The standard InChI is InChI=1S/C21H22N2O8/c1-21(2,3)31-20(26)22(10-13-4-7-17-18(8-13)30-12-29-17)11-15-6-5-14(19(24)25)9-16(15)23(27)28/h4-9H,10-12H2,1-3H3,(H,24,25). The number of nitro benzene ring substituents is 1. The van der Waals surface area contributed by atoms with Crippen molar-refractivity contribution >= 4 is 17.7 Å². The maximum absolute atomic E-state index is 12.8. The lowest BCUT2D eigenvalue weighted by Gasteiger charge is -2.27. The fourth-order valence-electron chi connectivity index (χ4n) is 2.98. The van der Waals surface area contributed by atoms with Gasteiger partial charge in [-0.15, -0.1) is 0 Å². The molecule has 2 aromatic rings. The number of carbonyl (C=O) groups excluding carboxylic acids is 1. The van der Waals surface area contributed by atoms with E-state index in [-0.39, 0.29) is 36.7 Å². The summed E-state index contributed by atoms with van der Waals surface area (Å²) in [6.45, 7) is 5.19. The maximum atomic E-state index is 12.8. The number of amides is 1. The average molecular weight is 430 g/mol. The predicted molar refractivity (Wildman–Crippen MR) is 108 cm³/mol. The topological polar surface area (TPSA) is 128 Å². The molecule has 3 rings (SSSR count). The molecule has 1 heterocycles. The highest BCUT2D eigenvalue weighted by Crippen LogP contribution is 2.33. The zero-order valence-electron chi connectivity index (χ0n) is 17.3. The Kier molecular flexibility index (Phi) is 6.00. The fourth-order valence-corrected chi connectivity index (χ4v) is 2.98. The van der Waals surface area contributed by atoms with Gasteiger partial charge in [-0.25, -0.2) is 9.59 Å². The number of nitrogens with zero attached hydrogens (tertiary/aromatic N) is 2. The van der Waals surface area contributed by atoms with Crippen LogP contribution in [0.15, 0.2) is 36.4 Å². The van der Waals surface area contributed by atoms with Crippen LogP contribution in [0.1, 0.15) is 42.3 Å². The number of benzene rings is 2. The summed E-state index contributed by atoms with van der Waals surface area (Å²) in [5, 5.41) is 20.6. The third-order valence-corrected chi connectivity index (χ3v) is 4.35. The molecule has 1 aliphatic rings. The van der Waals surface area contributed by atoms with Crippen molar-refractivity contribution in [2.45, 2.75) is 39.5 Å². The number of ether oxygens (including phenoxy) is 3. The largest absolute Gasteiger partial charge is 0.478 e. The molecule has 10 heteroatoms. The van der Waals surface area contributed by atoms with Crippen molar-refractivity contribution in [3.05, 3.63) is 63.2 Å². The molecular formula is C21H22N2O8. The third kappa shape index (κ3) is 5.41. The van der Waals surface area contributed by atoms with Crippen molar-refractivity contribution in [2.75, 3.05) is 6.79 Å². The minimum atomic E-state index is -1.28. The van der Waals surface area contributed by atoms with E-state index in [0.717, 1.165) is 6.07 Å². The average Bonchev–Trinajstić information content (AvgIpc) is 3.13. The van der Waals surface area contributed by atoms with Gasteiger partial charge < -0.3 is 19.3 Å². The molecule has 1 amide bonds. The maximum Gasteiger partial charge on any atom is 0.410 e. The Hall–Kier alpha value is -3.82. The number of nitro groups is 1. The van der Waals surface area contributed by atoms with Gasteiger partial charge in [0.1, 0.15) is 5.60 Å². The molecule has 1 aliphatic heterocycles. The van der Waals surface area contributed by atoms with Crippen LogP contribution in [0.25, 0.3) is 0 Å². The number of rotatable bonds is 6. The zero-order valence-corrected chi connectivity index (χ0v) is 17.3. The molecule has 0 saturated heterocycles. The predicted octanol–water partition coefficient (Wildman–Crippen LogP) is 3.96. The van der Waals surface area contributed by atoms with E-state index in [1.165, 1.54) is 17.0 Å². The Bertz CT molecular complexity index is 1030.